The standard InChI is InChI=1S/C16H19N3O2/c1-12(2)21-19-16(17)14-6-3-7-15(9-14)20-11-13-5-4-8-18-10-13/h3-10,12H,11H2,1-2H3,(H2,17,19). The first-order valence-corrected chi connectivity index (χ1v) is 6.76. The van der Waals surface area contributed by atoms with Crippen molar-refractivity contribution in [1.82, 2.24) is 4.98 Å². The van der Waals surface area contributed by atoms with E-state index in [1.807, 2.05) is 50.2 Å². The molecule has 2 N–H and O–H groups in total. The highest BCUT2D eigenvalue weighted by Crippen LogP contribution is 2.15. The Morgan fingerprint density at radius 2 is 2.14 bits per heavy atom. The third kappa shape index (κ3) is 4.80. The lowest BCUT2D eigenvalue weighted by Gasteiger charge is -2.08. The number of nitrogens with two attached hydrogens (primary N) is 1. The quantitative estimate of drug-likeness (QED) is 0.503. The summed E-state index contributed by atoms with van der Waals surface area (Å²) in [6, 6.07) is 11.3. The molecule has 0 atom stereocenters. The van der Waals surface area contributed by atoms with Crippen LogP contribution in [0.4, 0.5) is 0 Å². The lowest BCUT2D eigenvalue weighted by atomic mass is 10.2. The van der Waals surface area contributed by atoms with Gasteiger partial charge in [-0.25, -0.2) is 0 Å². The van der Waals surface area contributed by atoms with E-state index in [0.717, 1.165) is 16.9 Å². The molecule has 110 valence electrons. The molecule has 0 bridgehead atoms. The van der Waals surface area contributed by atoms with Gasteiger partial charge in [0, 0.05) is 23.5 Å². The van der Waals surface area contributed by atoms with E-state index < -0.39 is 0 Å². The molecule has 0 saturated heterocycles. The number of rotatable bonds is 6. The second-order valence-corrected chi connectivity index (χ2v) is 4.81. The maximum absolute atomic E-state index is 5.88. The molecule has 21 heavy (non-hydrogen) atoms. The number of pyridine rings is 1. The normalized spacial score (nSPS) is 11.5. The van der Waals surface area contributed by atoms with Gasteiger partial charge in [-0.05, 0) is 32.0 Å². The summed E-state index contributed by atoms with van der Waals surface area (Å²) in [6.07, 6.45) is 3.50. The first-order valence-electron chi connectivity index (χ1n) is 6.76. The lowest BCUT2D eigenvalue weighted by molar-refractivity contribution is 0.0858. The van der Waals surface area contributed by atoms with E-state index in [9.17, 15) is 0 Å². The first-order chi connectivity index (χ1) is 10.1. The third-order valence-corrected chi connectivity index (χ3v) is 2.62. The van der Waals surface area contributed by atoms with Crippen LogP contribution in [0.2, 0.25) is 0 Å². The summed E-state index contributed by atoms with van der Waals surface area (Å²) >= 11 is 0. The molecular weight excluding hydrogens is 266 g/mol. The summed E-state index contributed by atoms with van der Waals surface area (Å²) in [5.74, 6) is 1.05. The molecule has 2 rings (SSSR count). The minimum absolute atomic E-state index is 0.00596. The number of hydrogen-bond acceptors (Lipinski definition) is 4. The molecule has 0 unspecified atom stereocenters. The van der Waals surface area contributed by atoms with Crippen molar-refractivity contribution in [3.05, 3.63) is 59.9 Å². The molecule has 1 aromatic carbocycles. The highest BCUT2D eigenvalue weighted by Gasteiger charge is 2.03. The van der Waals surface area contributed by atoms with Gasteiger partial charge in [-0.1, -0.05) is 23.4 Å². The molecule has 5 nitrogen and oxygen atoms in total. The van der Waals surface area contributed by atoms with Crippen molar-refractivity contribution >= 4 is 5.84 Å². The Hall–Kier alpha value is -2.56. The molecule has 0 radical (unpaired) electrons. The van der Waals surface area contributed by atoms with Crippen LogP contribution in [0.3, 0.4) is 0 Å². The first kappa shape index (κ1) is 14.8. The Morgan fingerprint density at radius 3 is 2.86 bits per heavy atom. The smallest absolute Gasteiger partial charge is 0.170 e. The minimum atomic E-state index is -0.00596. The predicted molar refractivity (Wildman–Crippen MR) is 82.0 cm³/mol. The fourth-order valence-electron chi connectivity index (χ4n) is 1.61. The molecule has 0 aliphatic heterocycles. The van der Waals surface area contributed by atoms with Crippen LogP contribution in [0.15, 0.2) is 53.9 Å². The van der Waals surface area contributed by atoms with Crippen molar-refractivity contribution in [3.8, 4) is 5.75 Å². The molecule has 1 aromatic heterocycles. The zero-order valence-corrected chi connectivity index (χ0v) is 12.2. The van der Waals surface area contributed by atoms with E-state index in [0.29, 0.717) is 12.4 Å². The highest BCUT2D eigenvalue weighted by molar-refractivity contribution is 5.97. The number of aromatic nitrogens is 1. The van der Waals surface area contributed by atoms with Gasteiger partial charge in [-0.2, -0.15) is 0 Å². The van der Waals surface area contributed by atoms with E-state index in [4.69, 9.17) is 15.3 Å². The van der Waals surface area contributed by atoms with Crippen molar-refractivity contribution in [2.75, 3.05) is 0 Å². The van der Waals surface area contributed by atoms with Gasteiger partial charge < -0.3 is 15.3 Å². The van der Waals surface area contributed by atoms with Crippen LogP contribution in [0, 0.1) is 0 Å². The topological polar surface area (TPSA) is 69.7 Å². The summed E-state index contributed by atoms with van der Waals surface area (Å²) in [5.41, 5.74) is 7.65. The van der Waals surface area contributed by atoms with Crippen molar-refractivity contribution in [2.24, 2.45) is 10.9 Å². The van der Waals surface area contributed by atoms with E-state index in [-0.39, 0.29) is 6.10 Å². The molecule has 0 aliphatic rings. The van der Waals surface area contributed by atoms with Crippen LogP contribution >= 0.6 is 0 Å². The van der Waals surface area contributed by atoms with E-state index in [2.05, 4.69) is 10.1 Å². The average molecular weight is 285 g/mol. The molecule has 0 fully saturated rings. The molecule has 0 spiro atoms. The summed E-state index contributed by atoms with van der Waals surface area (Å²) in [4.78, 5) is 9.19. The predicted octanol–water partition coefficient (Wildman–Crippen LogP) is 2.71. The number of ether oxygens (including phenoxy) is 1. The maximum atomic E-state index is 5.88. The minimum Gasteiger partial charge on any atom is -0.489 e. The fourth-order valence-corrected chi connectivity index (χ4v) is 1.61. The van der Waals surface area contributed by atoms with Crippen LogP contribution in [0.5, 0.6) is 5.75 Å². The summed E-state index contributed by atoms with van der Waals surface area (Å²) in [6.45, 7) is 4.24. The molecule has 0 amide bonds. The molecule has 0 aliphatic carbocycles. The van der Waals surface area contributed by atoms with Gasteiger partial charge in [0.15, 0.2) is 5.84 Å². The van der Waals surface area contributed by atoms with Crippen molar-refractivity contribution < 1.29 is 9.57 Å². The Bertz CT molecular complexity index is 597. The fraction of sp³-hybridized carbons (Fsp3) is 0.250. The average Bonchev–Trinajstić information content (AvgIpc) is 2.52. The summed E-state index contributed by atoms with van der Waals surface area (Å²) in [5, 5.41) is 3.88. The van der Waals surface area contributed by atoms with E-state index in [1.165, 1.54) is 0 Å². The Labute approximate surface area is 124 Å². The van der Waals surface area contributed by atoms with Crippen LogP contribution in [0.1, 0.15) is 25.0 Å². The zero-order chi connectivity index (χ0) is 15.1. The maximum Gasteiger partial charge on any atom is 0.170 e. The number of nitrogens with zero attached hydrogens (tertiary/aromatic N) is 2. The highest BCUT2D eigenvalue weighted by atomic mass is 16.6. The van der Waals surface area contributed by atoms with Crippen LogP contribution in [-0.2, 0) is 11.4 Å². The number of amidine groups is 1. The molecule has 2 aromatic rings. The summed E-state index contributed by atoms with van der Waals surface area (Å²) < 4.78 is 5.72. The summed E-state index contributed by atoms with van der Waals surface area (Å²) in [7, 11) is 0. The van der Waals surface area contributed by atoms with Crippen LogP contribution in [-0.4, -0.2) is 16.9 Å². The molecule has 5 heteroatoms. The second kappa shape index (κ2) is 7.28. The van der Waals surface area contributed by atoms with Crippen molar-refractivity contribution in [2.45, 2.75) is 26.6 Å². The van der Waals surface area contributed by atoms with E-state index >= 15 is 0 Å². The second-order valence-electron chi connectivity index (χ2n) is 4.81. The number of oxime groups is 1. The monoisotopic (exact) mass is 285 g/mol. The van der Waals surface area contributed by atoms with Crippen LogP contribution < -0.4 is 10.5 Å². The van der Waals surface area contributed by atoms with Gasteiger partial charge in [-0.3, -0.25) is 4.98 Å². The Morgan fingerprint density at radius 1 is 1.29 bits per heavy atom. The van der Waals surface area contributed by atoms with Crippen LogP contribution in [0.25, 0.3) is 0 Å². The Balaban J connectivity index is 2.02. The van der Waals surface area contributed by atoms with Gasteiger partial charge in [0.1, 0.15) is 18.5 Å². The molecular formula is C16H19N3O2. The third-order valence-electron chi connectivity index (χ3n) is 2.62. The van der Waals surface area contributed by atoms with Crippen molar-refractivity contribution in [3.63, 3.8) is 0 Å². The van der Waals surface area contributed by atoms with Gasteiger partial charge in [0.2, 0.25) is 0 Å². The number of benzene rings is 1. The van der Waals surface area contributed by atoms with Crippen molar-refractivity contribution in [1.29, 1.82) is 0 Å². The van der Waals surface area contributed by atoms with Gasteiger partial charge >= 0.3 is 0 Å². The van der Waals surface area contributed by atoms with Gasteiger partial charge in [0.25, 0.3) is 0 Å². The largest absolute Gasteiger partial charge is 0.489 e. The SMILES string of the molecule is CC(C)O/N=C(\N)c1cccc(OCc2cccnc2)c1. The van der Waals surface area contributed by atoms with Gasteiger partial charge in [-0.15, -0.1) is 0 Å². The molecule has 0 saturated carbocycles. The molecule has 1 heterocycles. The zero-order valence-electron chi connectivity index (χ0n) is 12.2. The van der Waals surface area contributed by atoms with E-state index in [1.54, 1.807) is 12.4 Å². The van der Waals surface area contributed by atoms with Gasteiger partial charge in [0.05, 0.1) is 0 Å². The lowest BCUT2D eigenvalue weighted by Crippen LogP contribution is -2.15. The number of hydrogen-bond donors (Lipinski definition) is 1. The Kier molecular flexibility index (Phi) is 5.15.